The van der Waals surface area contributed by atoms with Crippen LogP contribution in [0.5, 0.6) is 0 Å². The summed E-state index contributed by atoms with van der Waals surface area (Å²) in [7, 11) is 0. The molecular formula is C12H20N2OS. The van der Waals surface area contributed by atoms with E-state index < -0.39 is 0 Å². The van der Waals surface area contributed by atoms with Crippen molar-refractivity contribution in [2.45, 2.75) is 24.0 Å². The molecule has 2 saturated heterocycles. The lowest BCUT2D eigenvalue weighted by Gasteiger charge is -2.37. The zero-order chi connectivity index (χ0) is 11.4. The molecule has 3 nitrogen and oxygen atoms in total. The minimum absolute atomic E-state index is 0.108. The van der Waals surface area contributed by atoms with E-state index >= 15 is 0 Å². The van der Waals surface area contributed by atoms with Gasteiger partial charge < -0.3 is 9.64 Å². The van der Waals surface area contributed by atoms with Gasteiger partial charge in [-0.25, -0.2) is 0 Å². The predicted octanol–water partition coefficient (Wildman–Crippen LogP) is 1.74. The summed E-state index contributed by atoms with van der Waals surface area (Å²) in [5.41, 5.74) is 0. The minimum Gasteiger partial charge on any atom is -0.381 e. The van der Waals surface area contributed by atoms with Crippen LogP contribution in [0.1, 0.15) is 19.3 Å². The normalized spacial score (nSPS) is 30.1. The van der Waals surface area contributed by atoms with Gasteiger partial charge in [-0.1, -0.05) is 0 Å². The minimum atomic E-state index is -0.108. The van der Waals surface area contributed by atoms with E-state index in [0.717, 1.165) is 51.6 Å². The van der Waals surface area contributed by atoms with Crippen LogP contribution >= 0.6 is 11.8 Å². The van der Waals surface area contributed by atoms with Crippen LogP contribution in [0.25, 0.3) is 0 Å². The molecule has 90 valence electrons. The first-order valence-electron chi connectivity index (χ1n) is 6.04. The molecule has 1 unspecified atom stereocenters. The quantitative estimate of drug-likeness (QED) is 0.753. The number of piperidine rings is 1. The third-order valence-corrected chi connectivity index (χ3v) is 5.08. The number of hydrogen-bond donors (Lipinski definition) is 0. The summed E-state index contributed by atoms with van der Waals surface area (Å²) in [6.07, 6.45) is 5.29. The van der Waals surface area contributed by atoms with E-state index in [0.29, 0.717) is 0 Å². The molecule has 2 heterocycles. The lowest BCUT2D eigenvalue weighted by molar-refractivity contribution is 0.153. The fraction of sp³-hybridized carbons (Fsp3) is 0.917. The van der Waals surface area contributed by atoms with Crippen LogP contribution in [-0.4, -0.2) is 48.8 Å². The molecule has 0 aromatic carbocycles. The highest BCUT2D eigenvalue weighted by Gasteiger charge is 2.34. The molecule has 0 aromatic rings. The van der Waals surface area contributed by atoms with Crippen molar-refractivity contribution in [2.24, 2.45) is 5.92 Å². The van der Waals surface area contributed by atoms with Crippen LogP contribution in [0, 0.1) is 17.2 Å². The highest BCUT2D eigenvalue weighted by molar-refractivity contribution is 8.00. The molecule has 2 aliphatic heterocycles. The average Bonchev–Trinajstić information content (AvgIpc) is 2.83. The summed E-state index contributed by atoms with van der Waals surface area (Å²) in [6.45, 7) is 5.18. The molecule has 2 rings (SSSR count). The fourth-order valence-electron chi connectivity index (χ4n) is 2.55. The average molecular weight is 240 g/mol. The van der Waals surface area contributed by atoms with Crippen molar-refractivity contribution in [3.63, 3.8) is 0 Å². The highest BCUT2D eigenvalue weighted by atomic mass is 32.2. The van der Waals surface area contributed by atoms with Crippen LogP contribution in [0.15, 0.2) is 0 Å². The zero-order valence-corrected chi connectivity index (χ0v) is 10.8. The Bertz CT molecular complexity index is 263. The first-order chi connectivity index (χ1) is 7.78. The smallest absolute Gasteiger partial charge is 0.104 e. The molecule has 0 radical (unpaired) electrons. The first kappa shape index (κ1) is 12.2. The molecule has 0 saturated carbocycles. The maximum absolute atomic E-state index is 9.20. The Balaban J connectivity index is 1.78. The molecule has 0 amide bonds. The molecule has 0 spiro atoms. The molecule has 2 aliphatic rings. The number of nitrogens with zero attached hydrogens (tertiary/aromatic N) is 2. The number of hydrogen-bond acceptors (Lipinski definition) is 4. The van der Waals surface area contributed by atoms with Gasteiger partial charge in [0.1, 0.15) is 4.75 Å². The van der Waals surface area contributed by atoms with Crippen molar-refractivity contribution >= 4 is 11.8 Å². The van der Waals surface area contributed by atoms with Crippen molar-refractivity contribution in [1.29, 1.82) is 5.26 Å². The van der Waals surface area contributed by atoms with Gasteiger partial charge in [0, 0.05) is 26.2 Å². The molecule has 0 aromatic heterocycles. The third kappa shape index (κ3) is 2.71. The lowest BCUT2D eigenvalue weighted by Crippen LogP contribution is -2.43. The Morgan fingerprint density at radius 1 is 1.50 bits per heavy atom. The van der Waals surface area contributed by atoms with Crippen molar-refractivity contribution in [3.8, 4) is 6.07 Å². The van der Waals surface area contributed by atoms with E-state index in [1.54, 1.807) is 11.8 Å². The second-order valence-electron chi connectivity index (χ2n) is 4.84. The van der Waals surface area contributed by atoms with Crippen LogP contribution in [0.2, 0.25) is 0 Å². The molecule has 0 bridgehead atoms. The first-order valence-corrected chi connectivity index (χ1v) is 7.27. The van der Waals surface area contributed by atoms with Gasteiger partial charge in [-0.05, 0) is 31.4 Å². The fourth-order valence-corrected chi connectivity index (χ4v) is 3.23. The molecule has 1 atom stereocenters. The Labute approximate surface area is 102 Å². The van der Waals surface area contributed by atoms with Crippen molar-refractivity contribution in [3.05, 3.63) is 0 Å². The Morgan fingerprint density at radius 2 is 2.25 bits per heavy atom. The van der Waals surface area contributed by atoms with Crippen LogP contribution in [-0.2, 0) is 4.74 Å². The van der Waals surface area contributed by atoms with Crippen molar-refractivity contribution in [1.82, 2.24) is 4.90 Å². The second kappa shape index (κ2) is 5.39. The molecule has 16 heavy (non-hydrogen) atoms. The van der Waals surface area contributed by atoms with Gasteiger partial charge in [-0.3, -0.25) is 0 Å². The monoisotopic (exact) mass is 240 g/mol. The topological polar surface area (TPSA) is 36.3 Å². The number of ether oxygens (including phenoxy) is 1. The summed E-state index contributed by atoms with van der Waals surface area (Å²) in [5.74, 6) is 0.726. The number of thioether (sulfide) groups is 1. The van der Waals surface area contributed by atoms with E-state index in [2.05, 4.69) is 17.2 Å². The molecular weight excluding hydrogens is 220 g/mol. The van der Waals surface area contributed by atoms with Gasteiger partial charge in [0.25, 0.3) is 0 Å². The van der Waals surface area contributed by atoms with E-state index in [-0.39, 0.29) is 4.75 Å². The highest BCUT2D eigenvalue weighted by Crippen LogP contribution is 2.34. The Hall–Kier alpha value is -0.240. The van der Waals surface area contributed by atoms with E-state index in [1.165, 1.54) is 6.42 Å². The summed E-state index contributed by atoms with van der Waals surface area (Å²) in [6, 6.07) is 2.49. The van der Waals surface area contributed by atoms with Crippen molar-refractivity contribution < 1.29 is 4.74 Å². The van der Waals surface area contributed by atoms with Crippen LogP contribution in [0.4, 0.5) is 0 Å². The molecule has 4 heteroatoms. The molecule has 0 N–H and O–H groups in total. The standard InChI is InChI=1S/C12H20N2OS/c1-16-12(10-13)3-5-14(6-4-12)8-11-2-7-15-9-11/h11H,2-9H2,1H3. The summed E-state index contributed by atoms with van der Waals surface area (Å²) in [5, 5.41) is 9.20. The Morgan fingerprint density at radius 3 is 2.75 bits per heavy atom. The van der Waals surface area contributed by atoms with Gasteiger partial charge in [-0.15, -0.1) is 11.8 Å². The lowest BCUT2D eigenvalue weighted by atomic mass is 9.96. The van der Waals surface area contributed by atoms with Gasteiger partial charge in [0.2, 0.25) is 0 Å². The largest absolute Gasteiger partial charge is 0.381 e. The number of likely N-dealkylation sites (tertiary alicyclic amines) is 1. The van der Waals surface area contributed by atoms with Crippen LogP contribution in [0.3, 0.4) is 0 Å². The van der Waals surface area contributed by atoms with E-state index in [1.807, 2.05) is 0 Å². The second-order valence-corrected chi connectivity index (χ2v) is 6.03. The van der Waals surface area contributed by atoms with Crippen LogP contribution < -0.4 is 0 Å². The van der Waals surface area contributed by atoms with E-state index in [4.69, 9.17) is 4.74 Å². The number of nitriles is 1. The predicted molar refractivity (Wildman–Crippen MR) is 66.5 cm³/mol. The number of rotatable bonds is 3. The third-order valence-electron chi connectivity index (χ3n) is 3.80. The summed E-state index contributed by atoms with van der Waals surface area (Å²) >= 11 is 1.73. The van der Waals surface area contributed by atoms with Crippen molar-refractivity contribution in [2.75, 3.05) is 39.1 Å². The van der Waals surface area contributed by atoms with Gasteiger partial charge in [0.05, 0.1) is 12.7 Å². The van der Waals surface area contributed by atoms with E-state index in [9.17, 15) is 5.26 Å². The summed E-state index contributed by atoms with van der Waals surface area (Å²) in [4.78, 5) is 2.51. The van der Waals surface area contributed by atoms with Gasteiger partial charge in [0.15, 0.2) is 0 Å². The zero-order valence-electron chi connectivity index (χ0n) is 9.95. The molecule has 2 fully saturated rings. The SMILES string of the molecule is CSC1(C#N)CCN(CC2CCOC2)CC1. The maximum atomic E-state index is 9.20. The molecule has 0 aliphatic carbocycles. The van der Waals surface area contributed by atoms with Gasteiger partial charge >= 0.3 is 0 Å². The van der Waals surface area contributed by atoms with Gasteiger partial charge in [-0.2, -0.15) is 5.26 Å². The summed E-state index contributed by atoms with van der Waals surface area (Å²) < 4.78 is 5.29. The Kier molecular flexibility index (Phi) is 4.12. The maximum Gasteiger partial charge on any atom is 0.104 e.